The number of benzene rings is 1. The monoisotopic (exact) mass is 337 g/mol. The Bertz CT molecular complexity index is 690. The van der Waals surface area contributed by atoms with Crippen LogP contribution in [0.2, 0.25) is 0 Å². The molecule has 0 saturated heterocycles. The van der Waals surface area contributed by atoms with Crippen molar-refractivity contribution in [1.29, 1.82) is 0 Å². The molecule has 1 aromatic carbocycles. The first-order chi connectivity index (χ1) is 9.49. The van der Waals surface area contributed by atoms with Gasteiger partial charge in [0.25, 0.3) is 5.91 Å². The number of nitrogens with one attached hydrogen (secondary N) is 1. The van der Waals surface area contributed by atoms with Crippen LogP contribution in [0.15, 0.2) is 35.1 Å². The van der Waals surface area contributed by atoms with Crippen molar-refractivity contribution in [3.63, 3.8) is 0 Å². The van der Waals surface area contributed by atoms with Gasteiger partial charge >= 0.3 is 5.97 Å². The zero-order valence-corrected chi connectivity index (χ0v) is 11.5. The predicted octanol–water partition coefficient (Wildman–Crippen LogP) is 1.90. The van der Waals surface area contributed by atoms with Gasteiger partial charge in [-0.3, -0.25) is 4.79 Å². The minimum absolute atomic E-state index is 0.0126. The largest absolute Gasteiger partial charge is 0.507 e. The van der Waals surface area contributed by atoms with Crippen LogP contribution in [0.3, 0.4) is 0 Å². The molecule has 7 nitrogen and oxygen atoms in total. The Labute approximate surface area is 121 Å². The smallest absolute Gasteiger partial charge is 0.358 e. The van der Waals surface area contributed by atoms with E-state index in [1.54, 1.807) is 6.07 Å². The van der Waals surface area contributed by atoms with Gasteiger partial charge in [0.2, 0.25) is 0 Å². The molecule has 0 radical (unpaired) electrons. The average molecular weight is 338 g/mol. The maximum Gasteiger partial charge on any atom is 0.358 e. The summed E-state index contributed by atoms with van der Waals surface area (Å²) in [5.41, 5.74) is -0.392. The molecule has 0 aliphatic carbocycles. The van der Waals surface area contributed by atoms with Crippen molar-refractivity contribution in [2.75, 3.05) is 5.32 Å². The van der Waals surface area contributed by atoms with E-state index in [0.717, 1.165) is 0 Å². The normalized spacial score (nSPS) is 10.1. The number of hydrogen-bond acceptors (Lipinski definition) is 5. The van der Waals surface area contributed by atoms with Gasteiger partial charge in [0.1, 0.15) is 5.75 Å². The molecule has 20 heavy (non-hydrogen) atoms. The fourth-order valence-corrected chi connectivity index (χ4v) is 1.81. The van der Waals surface area contributed by atoms with Crippen LogP contribution in [0.25, 0.3) is 0 Å². The number of aromatic hydroxyl groups is 1. The highest BCUT2D eigenvalue weighted by Crippen LogP contribution is 2.23. The molecule has 1 heterocycles. The van der Waals surface area contributed by atoms with Gasteiger partial charge in [-0.2, -0.15) is 0 Å². The number of phenols is 1. The lowest BCUT2D eigenvalue weighted by Crippen LogP contribution is -2.17. The Balaban J connectivity index is 2.33. The number of carbonyl (C=O) groups is 2. The Hall–Kier alpha value is -2.48. The highest BCUT2D eigenvalue weighted by molar-refractivity contribution is 9.10. The van der Waals surface area contributed by atoms with Crippen LogP contribution in [0, 0.1) is 0 Å². The van der Waals surface area contributed by atoms with Crippen LogP contribution in [0.1, 0.15) is 20.8 Å². The average Bonchev–Trinajstić information content (AvgIpc) is 2.41. The molecule has 0 unspecified atom stereocenters. The summed E-state index contributed by atoms with van der Waals surface area (Å²) >= 11 is 3.17. The van der Waals surface area contributed by atoms with Crippen LogP contribution in [0.5, 0.6) is 5.75 Å². The number of hydrogen-bond donors (Lipinski definition) is 3. The molecule has 2 rings (SSSR count). The number of carbonyl (C=O) groups excluding carboxylic acids is 1. The first-order valence-corrected chi connectivity index (χ1v) is 6.12. The maximum atomic E-state index is 12.0. The molecule has 8 heteroatoms. The molecule has 0 bridgehead atoms. The Morgan fingerprint density at radius 1 is 1.20 bits per heavy atom. The van der Waals surface area contributed by atoms with Crippen molar-refractivity contribution in [2.45, 2.75) is 0 Å². The van der Waals surface area contributed by atoms with Crippen LogP contribution >= 0.6 is 15.9 Å². The van der Waals surface area contributed by atoms with Gasteiger partial charge in [-0.25, -0.2) is 14.8 Å². The fraction of sp³-hybridized carbons (Fsp3) is 0. The van der Waals surface area contributed by atoms with Gasteiger partial charge in [0.15, 0.2) is 11.5 Å². The predicted molar refractivity (Wildman–Crippen MR) is 72.8 cm³/mol. The van der Waals surface area contributed by atoms with Gasteiger partial charge in [0.05, 0.1) is 5.56 Å². The van der Waals surface area contributed by atoms with E-state index in [1.165, 1.54) is 24.5 Å². The van der Waals surface area contributed by atoms with E-state index in [-0.39, 0.29) is 22.8 Å². The van der Waals surface area contributed by atoms with Crippen LogP contribution in [-0.4, -0.2) is 32.1 Å². The van der Waals surface area contributed by atoms with Crippen LogP contribution in [0.4, 0.5) is 5.82 Å². The number of carboxylic acid groups (broad SMARTS) is 1. The summed E-state index contributed by atoms with van der Waals surface area (Å²) in [5, 5.41) is 20.9. The Kier molecular flexibility index (Phi) is 3.94. The molecule has 2 aromatic rings. The van der Waals surface area contributed by atoms with Gasteiger partial charge in [-0.1, -0.05) is 15.9 Å². The lowest BCUT2D eigenvalue weighted by molar-refractivity contribution is 0.0691. The number of rotatable bonds is 3. The SMILES string of the molecule is O=C(Nc1nccnc1C(=O)O)c1cc(Br)ccc1O. The van der Waals surface area contributed by atoms with E-state index in [2.05, 4.69) is 31.2 Å². The second-order valence-corrected chi connectivity index (χ2v) is 4.59. The fourth-order valence-electron chi connectivity index (χ4n) is 1.45. The number of carboxylic acids is 1. The van der Waals surface area contributed by atoms with Crippen molar-refractivity contribution in [2.24, 2.45) is 0 Å². The highest BCUT2D eigenvalue weighted by atomic mass is 79.9. The number of aromatic carboxylic acids is 1. The van der Waals surface area contributed by atoms with Gasteiger partial charge in [-0.05, 0) is 18.2 Å². The summed E-state index contributed by atoms with van der Waals surface area (Å²) in [7, 11) is 0. The third kappa shape index (κ3) is 2.91. The second-order valence-electron chi connectivity index (χ2n) is 3.67. The lowest BCUT2D eigenvalue weighted by Gasteiger charge is -2.08. The number of phenolic OH excluding ortho intramolecular Hbond substituents is 1. The Morgan fingerprint density at radius 3 is 2.60 bits per heavy atom. The third-order valence-electron chi connectivity index (χ3n) is 2.34. The third-order valence-corrected chi connectivity index (χ3v) is 2.83. The van der Waals surface area contributed by atoms with Gasteiger partial charge < -0.3 is 15.5 Å². The minimum Gasteiger partial charge on any atom is -0.507 e. The van der Waals surface area contributed by atoms with E-state index in [9.17, 15) is 14.7 Å². The quantitative estimate of drug-likeness (QED) is 0.788. The van der Waals surface area contributed by atoms with Crippen molar-refractivity contribution in [1.82, 2.24) is 9.97 Å². The summed E-state index contributed by atoms with van der Waals surface area (Å²) in [6.45, 7) is 0. The second kappa shape index (κ2) is 5.66. The zero-order chi connectivity index (χ0) is 14.7. The summed E-state index contributed by atoms with van der Waals surface area (Å²) in [6, 6.07) is 4.31. The highest BCUT2D eigenvalue weighted by Gasteiger charge is 2.18. The first-order valence-electron chi connectivity index (χ1n) is 5.33. The summed E-state index contributed by atoms with van der Waals surface area (Å²) in [6.07, 6.45) is 2.46. The molecular weight excluding hydrogens is 330 g/mol. The molecule has 0 atom stereocenters. The van der Waals surface area contributed by atoms with Crippen LogP contribution in [-0.2, 0) is 0 Å². The molecule has 3 N–H and O–H groups in total. The number of nitrogens with zero attached hydrogens (tertiary/aromatic N) is 2. The first kappa shape index (κ1) is 13.9. The summed E-state index contributed by atoms with van der Waals surface area (Å²) in [5.74, 6) is -2.42. The lowest BCUT2D eigenvalue weighted by atomic mass is 10.2. The molecule has 102 valence electrons. The molecule has 1 aromatic heterocycles. The summed E-state index contributed by atoms with van der Waals surface area (Å²) < 4.78 is 0.595. The van der Waals surface area contributed by atoms with Crippen molar-refractivity contribution in [3.8, 4) is 5.75 Å². The Morgan fingerprint density at radius 2 is 1.90 bits per heavy atom. The van der Waals surface area contributed by atoms with Crippen molar-refractivity contribution < 1.29 is 19.8 Å². The molecule has 0 aliphatic heterocycles. The molecule has 0 spiro atoms. The van der Waals surface area contributed by atoms with E-state index in [1.807, 2.05) is 0 Å². The van der Waals surface area contributed by atoms with E-state index in [4.69, 9.17) is 5.11 Å². The topological polar surface area (TPSA) is 112 Å². The summed E-state index contributed by atoms with van der Waals surface area (Å²) in [4.78, 5) is 30.3. The number of aromatic nitrogens is 2. The van der Waals surface area contributed by atoms with Crippen molar-refractivity contribution in [3.05, 3.63) is 46.3 Å². The van der Waals surface area contributed by atoms with Crippen molar-refractivity contribution >= 4 is 33.6 Å². The van der Waals surface area contributed by atoms with E-state index < -0.39 is 11.9 Å². The standard InChI is InChI=1S/C12H8BrN3O4/c13-6-1-2-8(17)7(5-6)11(18)16-10-9(12(19)20)14-3-4-15-10/h1-5,17H,(H,19,20)(H,15,16,18). The minimum atomic E-state index is -1.31. The van der Waals surface area contributed by atoms with E-state index in [0.29, 0.717) is 4.47 Å². The molecule has 0 fully saturated rings. The number of amides is 1. The number of anilines is 1. The van der Waals surface area contributed by atoms with Gasteiger partial charge in [-0.15, -0.1) is 0 Å². The van der Waals surface area contributed by atoms with E-state index >= 15 is 0 Å². The van der Waals surface area contributed by atoms with Gasteiger partial charge in [0, 0.05) is 16.9 Å². The molecule has 1 amide bonds. The zero-order valence-electron chi connectivity index (χ0n) is 9.87. The number of halogens is 1. The maximum absolute atomic E-state index is 12.0. The molecule has 0 aliphatic rings. The molecular formula is C12H8BrN3O4. The van der Waals surface area contributed by atoms with Crippen LogP contribution < -0.4 is 5.32 Å². The molecule has 0 saturated carbocycles.